The average Bonchev–Trinajstić information content (AvgIpc) is 2.42. The molecular formula is C16H24O4. The Bertz CT molecular complexity index is 395. The molecule has 1 aliphatic rings. The van der Waals surface area contributed by atoms with Crippen LogP contribution in [0.5, 0.6) is 5.75 Å². The molecule has 20 heavy (non-hydrogen) atoms. The first-order valence-corrected chi connectivity index (χ1v) is 7.03. The van der Waals surface area contributed by atoms with Crippen LogP contribution in [0.1, 0.15) is 38.2 Å². The van der Waals surface area contributed by atoms with Crippen LogP contribution < -0.4 is 4.74 Å². The summed E-state index contributed by atoms with van der Waals surface area (Å²) in [7, 11) is 1.68. The molecule has 1 fully saturated rings. The quantitative estimate of drug-likeness (QED) is 0.893. The molecule has 0 radical (unpaired) electrons. The van der Waals surface area contributed by atoms with E-state index in [4.69, 9.17) is 14.6 Å². The summed E-state index contributed by atoms with van der Waals surface area (Å²) in [5.41, 5.74) is 1.30. The molecule has 1 aliphatic carbocycles. The van der Waals surface area contributed by atoms with Gasteiger partial charge in [0, 0.05) is 6.92 Å². The zero-order valence-electron chi connectivity index (χ0n) is 12.2. The number of aliphatic carboxylic acids is 1. The summed E-state index contributed by atoms with van der Waals surface area (Å²) in [4.78, 5) is 9.00. The van der Waals surface area contributed by atoms with E-state index in [0.717, 1.165) is 31.9 Å². The van der Waals surface area contributed by atoms with Crippen molar-refractivity contribution < 1.29 is 19.7 Å². The molecule has 2 atom stereocenters. The van der Waals surface area contributed by atoms with Crippen molar-refractivity contribution in [3.05, 3.63) is 29.8 Å². The SMILES string of the molecule is CC(=O)O.COc1ccc(CC2CCCCC2O)cc1. The van der Waals surface area contributed by atoms with E-state index in [-0.39, 0.29) is 6.10 Å². The molecule has 0 bridgehead atoms. The topological polar surface area (TPSA) is 66.8 Å². The van der Waals surface area contributed by atoms with Gasteiger partial charge in [-0.3, -0.25) is 4.79 Å². The number of aliphatic hydroxyl groups excluding tert-OH is 1. The van der Waals surface area contributed by atoms with Crippen LogP contribution >= 0.6 is 0 Å². The molecule has 2 N–H and O–H groups in total. The van der Waals surface area contributed by atoms with E-state index in [1.54, 1.807) is 7.11 Å². The first-order valence-electron chi connectivity index (χ1n) is 7.03. The number of carboxylic acids is 1. The monoisotopic (exact) mass is 280 g/mol. The van der Waals surface area contributed by atoms with Crippen molar-refractivity contribution in [3.63, 3.8) is 0 Å². The molecule has 1 aromatic rings. The molecule has 2 unspecified atom stereocenters. The third-order valence-electron chi connectivity index (χ3n) is 3.53. The molecule has 4 nitrogen and oxygen atoms in total. The fraction of sp³-hybridized carbons (Fsp3) is 0.562. The summed E-state index contributed by atoms with van der Waals surface area (Å²) >= 11 is 0. The Morgan fingerprint density at radius 1 is 1.25 bits per heavy atom. The lowest BCUT2D eigenvalue weighted by Gasteiger charge is -2.27. The predicted molar refractivity (Wildman–Crippen MR) is 78.0 cm³/mol. The summed E-state index contributed by atoms with van der Waals surface area (Å²) in [6, 6.07) is 8.18. The summed E-state index contributed by atoms with van der Waals surface area (Å²) in [6.45, 7) is 1.08. The maximum Gasteiger partial charge on any atom is 0.300 e. The first kappa shape index (κ1) is 16.5. The van der Waals surface area contributed by atoms with Gasteiger partial charge in [-0.1, -0.05) is 25.0 Å². The second-order valence-corrected chi connectivity index (χ2v) is 5.18. The molecule has 0 heterocycles. The highest BCUT2D eigenvalue weighted by atomic mass is 16.5. The highest BCUT2D eigenvalue weighted by Crippen LogP contribution is 2.27. The fourth-order valence-electron chi connectivity index (χ4n) is 2.49. The van der Waals surface area contributed by atoms with E-state index < -0.39 is 5.97 Å². The minimum absolute atomic E-state index is 0.101. The normalized spacial score (nSPS) is 21.6. The Labute approximate surface area is 120 Å². The van der Waals surface area contributed by atoms with Crippen molar-refractivity contribution in [1.29, 1.82) is 0 Å². The van der Waals surface area contributed by atoms with Gasteiger partial charge in [0.25, 0.3) is 5.97 Å². The van der Waals surface area contributed by atoms with Gasteiger partial charge < -0.3 is 14.9 Å². The van der Waals surface area contributed by atoms with E-state index in [1.165, 1.54) is 18.4 Å². The third kappa shape index (κ3) is 6.06. The molecule has 1 aromatic carbocycles. The molecule has 0 spiro atoms. The zero-order chi connectivity index (χ0) is 15.0. The minimum Gasteiger partial charge on any atom is -0.497 e. The van der Waals surface area contributed by atoms with Gasteiger partial charge in [-0.05, 0) is 42.9 Å². The van der Waals surface area contributed by atoms with E-state index >= 15 is 0 Å². The lowest BCUT2D eigenvalue weighted by atomic mass is 9.82. The number of hydrogen-bond donors (Lipinski definition) is 2. The largest absolute Gasteiger partial charge is 0.497 e. The Hall–Kier alpha value is -1.55. The van der Waals surface area contributed by atoms with Crippen molar-refractivity contribution in [2.75, 3.05) is 7.11 Å². The van der Waals surface area contributed by atoms with Crippen LogP contribution in [0.15, 0.2) is 24.3 Å². The van der Waals surface area contributed by atoms with E-state index in [1.807, 2.05) is 12.1 Å². The number of benzene rings is 1. The van der Waals surface area contributed by atoms with E-state index in [9.17, 15) is 5.11 Å². The number of ether oxygens (including phenoxy) is 1. The Kier molecular flexibility index (Phi) is 7.09. The molecule has 2 rings (SSSR count). The number of rotatable bonds is 3. The standard InChI is InChI=1S/C14H20O2.C2H4O2/c1-16-13-8-6-11(7-9-13)10-12-4-2-3-5-14(12)15;1-2(3)4/h6-9,12,14-15H,2-5,10H2,1H3;1H3,(H,3,4). The number of carboxylic acid groups (broad SMARTS) is 1. The van der Waals surface area contributed by atoms with Crippen LogP contribution in [0.25, 0.3) is 0 Å². The van der Waals surface area contributed by atoms with E-state index in [0.29, 0.717) is 5.92 Å². The van der Waals surface area contributed by atoms with Crippen molar-refractivity contribution >= 4 is 5.97 Å². The lowest BCUT2D eigenvalue weighted by molar-refractivity contribution is -0.134. The highest BCUT2D eigenvalue weighted by molar-refractivity contribution is 5.62. The number of methoxy groups -OCH3 is 1. The summed E-state index contributed by atoms with van der Waals surface area (Å²) < 4.78 is 5.13. The van der Waals surface area contributed by atoms with Gasteiger partial charge in [0.15, 0.2) is 0 Å². The van der Waals surface area contributed by atoms with Gasteiger partial charge in [0.2, 0.25) is 0 Å². The second-order valence-electron chi connectivity index (χ2n) is 5.18. The van der Waals surface area contributed by atoms with Gasteiger partial charge in [-0.2, -0.15) is 0 Å². The zero-order valence-corrected chi connectivity index (χ0v) is 12.2. The van der Waals surface area contributed by atoms with Crippen molar-refractivity contribution in [1.82, 2.24) is 0 Å². The van der Waals surface area contributed by atoms with Gasteiger partial charge in [0.05, 0.1) is 13.2 Å². The van der Waals surface area contributed by atoms with Crippen LogP contribution in [0.4, 0.5) is 0 Å². The second kappa shape index (κ2) is 8.59. The first-order chi connectivity index (χ1) is 9.52. The number of carbonyl (C=O) groups is 1. The summed E-state index contributed by atoms with van der Waals surface area (Å²) in [6.07, 6.45) is 5.47. The maximum absolute atomic E-state index is 9.91. The number of aliphatic hydroxyl groups is 1. The average molecular weight is 280 g/mol. The van der Waals surface area contributed by atoms with Gasteiger partial charge in [-0.15, -0.1) is 0 Å². The van der Waals surface area contributed by atoms with Crippen molar-refractivity contribution in [2.24, 2.45) is 5.92 Å². The highest BCUT2D eigenvalue weighted by Gasteiger charge is 2.22. The van der Waals surface area contributed by atoms with Crippen LogP contribution in [-0.2, 0) is 11.2 Å². The molecule has 0 amide bonds. The van der Waals surface area contributed by atoms with Crippen molar-refractivity contribution in [3.8, 4) is 5.75 Å². The molecule has 112 valence electrons. The third-order valence-corrected chi connectivity index (χ3v) is 3.53. The van der Waals surface area contributed by atoms with Gasteiger partial charge in [-0.25, -0.2) is 0 Å². The van der Waals surface area contributed by atoms with Crippen LogP contribution in [0.2, 0.25) is 0 Å². The van der Waals surface area contributed by atoms with Crippen LogP contribution in [-0.4, -0.2) is 29.4 Å². The molecule has 1 saturated carbocycles. The maximum atomic E-state index is 9.91. The van der Waals surface area contributed by atoms with Crippen LogP contribution in [0, 0.1) is 5.92 Å². The number of hydrogen-bond acceptors (Lipinski definition) is 3. The summed E-state index contributed by atoms with van der Waals surface area (Å²) in [5.74, 6) is 0.509. The Morgan fingerprint density at radius 3 is 2.30 bits per heavy atom. The fourth-order valence-corrected chi connectivity index (χ4v) is 2.49. The Morgan fingerprint density at radius 2 is 1.80 bits per heavy atom. The molecular weight excluding hydrogens is 256 g/mol. The van der Waals surface area contributed by atoms with E-state index in [2.05, 4.69) is 12.1 Å². The van der Waals surface area contributed by atoms with Gasteiger partial charge >= 0.3 is 0 Å². The smallest absolute Gasteiger partial charge is 0.300 e. The predicted octanol–water partition coefficient (Wildman–Crippen LogP) is 2.88. The lowest BCUT2D eigenvalue weighted by Crippen LogP contribution is -2.26. The Balaban J connectivity index is 0.000000444. The van der Waals surface area contributed by atoms with Gasteiger partial charge in [0.1, 0.15) is 5.75 Å². The van der Waals surface area contributed by atoms with Crippen molar-refractivity contribution in [2.45, 2.75) is 45.1 Å². The molecule has 4 heteroatoms. The molecule has 0 saturated heterocycles. The molecule has 0 aromatic heterocycles. The molecule has 0 aliphatic heterocycles. The van der Waals surface area contributed by atoms with Crippen LogP contribution in [0.3, 0.4) is 0 Å². The minimum atomic E-state index is -0.833. The summed E-state index contributed by atoms with van der Waals surface area (Å²) in [5, 5.41) is 17.3.